The smallest absolute Gasteiger partial charge is 0.319 e. The number of halogens is 2. The van der Waals surface area contributed by atoms with Crippen LogP contribution in [0.1, 0.15) is 38.2 Å². The van der Waals surface area contributed by atoms with Gasteiger partial charge in [0.25, 0.3) is 0 Å². The van der Waals surface area contributed by atoms with Gasteiger partial charge in [-0.05, 0) is 37.6 Å². The van der Waals surface area contributed by atoms with Crippen LogP contribution in [0.25, 0.3) is 32.9 Å². The lowest BCUT2D eigenvalue weighted by Gasteiger charge is -2.42. The molecule has 1 N–H and O–H groups in total. The van der Waals surface area contributed by atoms with E-state index in [0.717, 1.165) is 44.3 Å². The zero-order chi connectivity index (χ0) is 32.9. The van der Waals surface area contributed by atoms with Crippen molar-refractivity contribution < 1.29 is 23.0 Å². The molecule has 0 aliphatic carbocycles. The molecule has 48 heavy (non-hydrogen) atoms. The molecule has 9 rings (SSSR count). The zero-order valence-corrected chi connectivity index (χ0v) is 26.9. The molecule has 0 radical (unpaired) electrons. The van der Waals surface area contributed by atoms with Crippen molar-refractivity contribution in [1.82, 2.24) is 25.2 Å². The first-order chi connectivity index (χ1) is 23.3. The number of hydrogen-bond acceptors (Lipinski definition) is 9. The van der Waals surface area contributed by atoms with Crippen LogP contribution < -0.4 is 19.7 Å². The number of terminal acetylenes is 1. The first-order valence-corrected chi connectivity index (χ1v) is 16.7. The summed E-state index contributed by atoms with van der Waals surface area (Å²) in [6.45, 7) is 9.03. The van der Waals surface area contributed by atoms with E-state index in [1.807, 2.05) is 13.0 Å². The molecule has 11 heteroatoms. The molecule has 0 spiro atoms. The van der Waals surface area contributed by atoms with Gasteiger partial charge in [-0.2, -0.15) is 9.97 Å². The van der Waals surface area contributed by atoms with Gasteiger partial charge in [0, 0.05) is 56.2 Å². The summed E-state index contributed by atoms with van der Waals surface area (Å²) >= 11 is 0. The topological polar surface area (TPSA) is 84.9 Å². The standard InChI is InChI=1S/C37H36F2N6O3/c1-5-24-26(38)11-9-21-7-6-8-25(28(21)24)31-30(39)32-29-34(45-16-22-10-12-27(40-22)33(45)20(3)48-35(29)41-31)43-36(42-32)47-18-37-15-23(46-4)17-44(37)14-13-19(37)2/h1,6-9,11,20,22-23,27,33,40H,2,10,12-18H2,3-4H3/t20-,22+,23-,27-,33+,37?/m0/s1. The largest absolute Gasteiger partial charge is 0.472 e. The molecule has 5 aliphatic heterocycles. The highest BCUT2D eigenvalue weighted by Crippen LogP contribution is 2.46. The number of aromatic nitrogens is 3. The number of methoxy groups -OCH3 is 1. The summed E-state index contributed by atoms with van der Waals surface area (Å²) in [7, 11) is 1.73. The molecule has 6 atom stereocenters. The van der Waals surface area contributed by atoms with Crippen molar-refractivity contribution in [1.29, 1.82) is 0 Å². The maximum absolute atomic E-state index is 17.2. The molecule has 246 valence electrons. The van der Waals surface area contributed by atoms with Crippen molar-refractivity contribution in [2.45, 2.75) is 68.5 Å². The average molecular weight is 651 g/mol. The van der Waals surface area contributed by atoms with E-state index >= 15 is 8.78 Å². The van der Waals surface area contributed by atoms with Crippen molar-refractivity contribution >= 4 is 27.5 Å². The van der Waals surface area contributed by atoms with E-state index in [0.29, 0.717) is 34.1 Å². The molecule has 4 aromatic rings. The fraction of sp³-hybridized carbons (Fsp3) is 0.432. The molecule has 2 bridgehead atoms. The van der Waals surface area contributed by atoms with Crippen LogP contribution in [0.4, 0.5) is 14.6 Å². The molecular weight excluding hydrogens is 614 g/mol. The highest BCUT2D eigenvalue weighted by Gasteiger charge is 2.52. The lowest BCUT2D eigenvalue weighted by molar-refractivity contribution is 0.107. The summed E-state index contributed by atoms with van der Waals surface area (Å²) in [5.41, 5.74) is 1.08. The number of fused-ring (bicyclic) bond motifs is 7. The van der Waals surface area contributed by atoms with Gasteiger partial charge in [-0.1, -0.05) is 42.3 Å². The van der Waals surface area contributed by atoms with Gasteiger partial charge in [-0.25, -0.2) is 13.8 Å². The lowest BCUT2D eigenvalue weighted by Crippen LogP contribution is -2.62. The van der Waals surface area contributed by atoms with Gasteiger partial charge < -0.3 is 24.4 Å². The van der Waals surface area contributed by atoms with Gasteiger partial charge in [0.2, 0.25) is 5.88 Å². The second-order valence-electron chi connectivity index (χ2n) is 13.8. The van der Waals surface area contributed by atoms with Gasteiger partial charge in [0.15, 0.2) is 5.82 Å². The van der Waals surface area contributed by atoms with E-state index in [1.54, 1.807) is 25.3 Å². The average Bonchev–Trinajstić information content (AvgIpc) is 3.73. The minimum atomic E-state index is -0.680. The summed E-state index contributed by atoms with van der Waals surface area (Å²) in [5.74, 6) is 1.99. The zero-order valence-electron chi connectivity index (χ0n) is 26.9. The molecule has 9 nitrogen and oxygen atoms in total. The Morgan fingerprint density at radius 2 is 2.02 bits per heavy atom. The van der Waals surface area contributed by atoms with Crippen LogP contribution in [0.3, 0.4) is 0 Å². The van der Waals surface area contributed by atoms with Crippen molar-refractivity contribution in [3.8, 4) is 35.5 Å². The quantitative estimate of drug-likeness (QED) is 0.237. The number of ether oxygens (including phenoxy) is 3. The number of anilines is 1. The minimum Gasteiger partial charge on any atom is -0.472 e. The highest BCUT2D eigenvalue weighted by atomic mass is 19.1. The van der Waals surface area contributed by atoms with Crippen molar-refractivity contribution in [2.24, 2.45) is 0 Å². The maximum atomic E-state index is 17.2. The summed E-state index contributed by atoms with van der Waals surface area (Å²) in [6.07, 6.45) is 9.21. The second kappa shape index (κ2) is 10.8. The molecule has 4 saturated heterocycles. The summed E-state index contributed by atoms with van der Waals surface area (Å²) < 4.78 is 51.0. The Kier molecular flexibility index (Phi) is 6.71. The molecule has 1 unspecified atom stereocenters. The number of pyridine rings is 1. The van der Waals surface area contributed by atoms with E-state index in [-0.39, 0.29) is 65.6 Å². The molecule has 0 amide bonds. The Balaban J connectivity index is 1.24. The maximum Gasteiger partial charge on any atom is 0.319 e. The van der Waals surface area contributed by atoms with E-state index in [2.05, 4.69) is 27.6 Å². The number of benzene rings is 2. The number of nitrogens with one attached hydrogen (secondary N) is 1. The van der Waals surface area contributed by atoms with Gasteiger partial charge in [0.1, 0.15) is 40.9 Å². The van der Waals surface area contributed by atoms with Gasteiger partial charge >= 0.3 is 6.01 Å². The molecule has 5 aliphatic rings. The molecular formula is C37H36F2N6O3. The van der Waals surface area contributed by atoms with Crippen LogP contribution in [0, 0.1) is 24.0 Å². The first kappa shape index (κ1) is 29.7. The number of hydrogen-bond donors (Lipinski definition) is 1. The van der Waals surface area contributed by atoms with Crippen molar-refractivity contribution in [3.63, 3.8) is 0 Å². The third kappa shape index (κ3) is 4.22. The molecule has 4 fully saturated rings. The molecule has 0 saturated carbocycles. The summed E-state index contributed by atoms with van der Waals surface area (Å²) in [5, 5.41) is 5.20. The predicted molar refractivity (Wildman–Crippen MR) is 178 cm³/mol. The number of piperazine rings is 1. The number of nitrogens with zero attached hydrogens (tertiary/aromatic N) is 5. The summed E-state index contributed by atoms with van der Waals surface area (Å²) in [4.78, 5) is 19.1. The van der Waals surface area contributed by atoms with Crippen molar-refractivity contribution in [2.75, 3.05) is 38.3 Å². The normalized spacial score (nSPS) is 29.1. The van der Waals surface area contributed by atoms with E-state index < -0.39 is 17.2 Å². The van der Waals surface area contributed by atoms with Crippen LogP contribution >= 0.6 is 0 Å². The monoisotopic (exact) mass is 650 g/mol. The molecule has 2 aromatic heterocycles. The number of rotatable bonds is 5. The van der Waals surface area contributed by atoms with Gasteiger partial charge in [-0.15, -0.1) is 6.42 Å². The Morgan fingerprint density at radius 1 is 1.15 bits per heavy atom. The lowest BCUT2D eigenvalue weighted by atomic mass is 9.90. The molecule has 7 heterocycles. The third-order valence-electron chi connectivity index (χ3n) is 11.3. The SMILES string of the molecule is C#Cc1c(F)ccc2cccc(-c3nc4c5c(nc(OCC67C[C@H](OC)CN6CCC7=C)nc5c3F)N3C[C@H]5CC[C@H](N5)[C@H]3[C@H](C)O4)c12. The van der Waals surface area contributed by atoms with Crippen LogP contribution in [-0.4, -0.2) is 89.1 Å². The van der Waals surface area contributed by atoms with Crippen LogP contribution in [0.5, 0.6) is 11.9 Å². The Labute approximate surface area is 277 Å². The van der Waals surface area contributed by atoms with Crippen LogP contribution in [-0.2, 0) is 4.74 Å². The van der Waals surface area contributed by atoms with Crippen LogP contribution in [0.2, 0.25) is 0 Å². The molecule has 2 aromatic carbocycles. The fourth-order valence-corrected chi connectivity index (χ4v) is 8.99. The van der Waals surface area contributed by atoms with Crippen LogP contribution in [0.15, 0.2) is 42.5 Å². The van der Waals surface area contributed by atoms with Gasteiger partial charge in [0.05, 0.1) is 23.2 Å². The predicted octanol–water partition coefficient (Wildman–Crippen LogP) is 4.99. The fourth-order valence-electron chi connectivity index (χ4n) is 8.99. The summed E-state index contributed by atoms with van der Waals surface area (Å²) in [6, 6.07) is 8.69. The second-order valence-corrected chi connectivity index (χ2v) is 13.8. The van der Waals surface area contributed by atoms with Crippen molar-refractivity contribution in [3.05, 3.63) is 59.7 Å². The van der Waals surface area contributed by atoms with E-state index in [1.165, 1.54) is 6.07 Å². The Morgan fingerprint density at radius 3 is 2.85 bits per heavy atom. The third-order valence-corrected chi connectivity index (χ3v) is 11.3. The van der Waals surface area contributed by atoms with Gasteiger partial charge in [-0.3, -0.25) is 4.90 Å². The Bertz CT molecular complexity index is 2070. The van der Waals surface area contributed by atoms with E-state index in [9.17, 15) is 0 Å². The van der Waals surface area contributed by atoms with E-state index in [4.69, 9.17) is 35.6 Å². The highest BCUT2D eigenvalue weighted by molar-refractivity contribution is 6.03. The first-order valence-electron chi connectivity index (χ1n) is 16.7. The minimum absolute atomic E-state index is 0.0276. The Hall–Kier alpha value is -4.37.